The summed E-state index contributed by atoms with van der Waals surface area (Å²) >= 11 is 1.14. The Bertz CT molecular complexity index is 802. The van der Waals surface area contributed by atoms with Crippen molar-refractivity contribution in [1.29, 1.82) is 0 Å². The molecule has 25 heavy (non-hydrogen) atoms. The van der Waals surface area contributed by atoms with Crippen LogP contribution in [0.25, 0.3) is 0 Å². The zero-order valence-corrected chi connectivity index (χ0v) is 14.6. The highest BCUT2D eigenvalue weighted by Gasteiger charge is 2.21. The van der Waals surface area contributed by atoms with Gasteiger partial charge in [-0.05, 0) is 23.6 Å². The Morgan fingerprint density at radius 1 is 0.960 bits per heavy atom. The molecule has 1 heterocycles. The highest BCUT2D eigenvalue weighted by Crippen LogP contribution is 2.32. The number of para-hydroxylation sites is 1. The SMILES string of the molecule is COC(=O)NC(=O)c1ccsc1NC(=O)c1cccc(OC)c1OC. The van der Waals surface area contributed by atoms with Crippen LogP contribution in [0.15, 0.2) is 29.6 Å². The first kappa shape index (κ1) is 18.3. The minimum atomic E-state index is -0.886. The molecular formula is C16H16N2O6S. The minimum absolute atomic E-state index is 0.144. The monoisotopic (exact) mass is 364 g/mol. The lowest BCUT2D eigenvalue weighted by Gasteiger charge is -2.12. The van der Waals surface area contributed by atoms with Crippen LogP contribution in [0.4, 0.5) is 9.80 Å². The lowest BCUT2D eigenvalue weighted by molar-refractivity contribution is 0.0938. The van der Waals surface area contributed by atoms with Crippen molar-refractivity contribution in [1.82, 2.24) is 5.32 Å². The number of hydrogen-bond donors (Lipinski definition) is 2. The van der Waals surface area contributed by atoms with E-state index in [0.717, 1.165) is 18.4 Å². The summed E-state index contributed by atoms with van der Waals surface area (Å²) in [6, 6.07) is 6.37. The normalized spacial score (nSPS) is 9.88. The molecule has 0 bridgehead atoms. The van der Waals surface area contributed by atoms with Crippen molar-refractivity contribution < 1.29 is 28.6 Å². The second-order valence-corrected chi connectivity index (χ2v) is 5.52. The summed E-state index contributed by atoms with van der Waals surface area (Å²) < 4.78 is 14.8. The second kappa shape index (κ2) is 8.15. The molecule has 0 saturated heterocycles. The van der Waals surface area contributed by atoms with E-state index in [1.54, 1.807) is 23.6 Å². The molecular weight excluding hydrogens is 348 g/mol. The van der Waals surface area contributed by atoms with E-state index in [4.69, 9.17) is 9.47 Å². The van der Waals surface area contributed by atoms with Gasteiger partial charge in [0.15, 0.2) is 11.5 Å². The number of methoxy groups -OCH3 is 3. The van der Waals surface area contributed by atoms with Gasteiger partial charge in [-0.3, -0.25) is 14.9 Å². The lowest BCUT2D eigenvalue weighted by Crippen LogP contribution is -2.30. The van der Waals surface area contributed by atoms with Crippen LogP contribution in [0.2, 0.25) is 0 Å². The van der Waals surface area contributed by atoms with Gasteiger partial charge in [-0.15, -0.1) is 11.3 Å². The van der Waals surface area contributed by atoms with Crippen molar-refractivity contribution in [2.75, 3.05) is 26.6 Å². The molecule has 2 rings (SSSR count). The summed E-state index contributed by atoms with van der Waals surface area (Å²) in [4.78, 5) is 35.7. The van der Waals surface area contributed by atoms with Crippen molar-refractivity contribution in [3.05, 3.63) is 40.8 Å². The van der Waals surface area contributed by atoms with Gasteiger partial charge in [-0.2, -0.15) is 0 Å². The molecule has 0 aliphatic heterocycles. The summed E-state index contributed by atoms with van der Waals surface area (Å²) in [5.74, 6) is -0.476. The number of alkyl carbamates (subject to hydrolysis) is 1. The topological polar surface area (TPSA) is 103 Å². The average Bonchev–Trinajstić information content (AvgIpc) is 3.08. The third kappa shape index (κ3) is 4.07. The van der Waals surface area contributed by atoms with Crippen LogP contribution in [-0.4, -0.2) is 39.2 Å². The number of anilines is 1. The van der Waals surface area contributed by atoms with Gasteiger partial charge in [-0.25, -0.2) is 4.79 Å². The van der Waals surface area contributed by atoms with E-state index in [-0.39, 0.29) is 21.9 Å². The first-order valence-corrected chi connectivity index (χ1v) is 7.88. The van der Waals surface area contributed by atoms with Crippen LogP contribution in [0.5, 0.6) is 11.5 Å². The van der Waals surface area contributed by atoms with Gasteiger partial charge < -0.3 is 19.5 Å². The van der Waals surface area contributed by atoms with Crippen LogP contribution >= 0.6 is 11.3 Å². The fraction of sp³-hybridized carbons (Fsp3) is 0.188. The number of hydrogen-bond acceptors (Lipinski definition) is 7. The molecule has 0 unspecified atom stereocenters. The summed E-state index contributed by atoms with van der Waals surface area (Å²) in [5, 5.41) is 6.58. The van der Waals surface area contributed by atoms with Crippen LogP contribution in [0, 0.1) is 0 Å². The molecule has 1 aromatic heterocycles. The van der Waals surface area contributed by atoms with Gasteiger partial charge >= 0.3 is 6.09 Å². The number of thiophene rings is 1. The number of nitrogens with one attached hydrogen (secondary N) is 2. The Morgan fingerprint density at radius 2 is 1.72 bits per heavy atom. The van der Waals surface area contributed by atoms with Crippen molar-refractivity contribution in [2.24, 2.45) is 0 Å². The molecule has 1 aromatic carbocycles. The second-order valence-electron chi connectivity index (χ2n) is 4.60. The summed E-state index contributed by atoms with van der Waals surface area (Å²) in [6.07, 6.45) is -0.886. The predicted octanol–water partition coefficient (Wildman–Crippen LogP) is 2.51. The van der Waals surface area contributed by atoms with Crippen LogP contribution in [-0.2, 0) is 4.74 Å². The Kier molecular flexibility index (Phi) is 5.96. The van der Waals surface area contributed by atoms with Gasteiger partial charge in [0.05, 0.1) is 32.5 Å². The van der Waals surface area contributed by atoms with Gasteiger partial charge in [0, 0.05) is 0 Å². The first-order chi connectivity index (χ1) is 12.0. The predicted molar refractivity (Wildman–Crippen MR) is 91.7 cm³/mol. The number of carbonyl (C=O) groups excluding carboxylic acids is 3. The van der Waals surface area contributed by atoms with Crippen LogP contribution < -0.4 is 20.1 Å². The maximum atomic E-state index is 12.5. The number of imide groups is 1. The molecule has 0 radical (unpaired) electrons. The third-order valence-corrected chi connectivity index (χ3v) is 4.02. The van der Waals surface area contributed by atoms with Gasteiger partial charge in [0.2, 0.25) is 0 Å². The van der Waals surface area contributed by atoms with E-state index in [2.05, 4.69) is 10.1 Å². The lowest BCUT2D eigenvalue weighted by atomic mass is 10.1. The van der Waals surface area contributed by atoms with Gasteiger partial charge in [-0.1, -0.05) is 6.07 Å². The summed E-state index contributed by atoms with van der Waals surface area (Å²) in [6.45, 7) is 0. The van der Waals surface area contributed by atoms with Crippen LogP contribution in [0.3, 0.4) is 0 Å². The Hall–Kier alpha value is -3.07. The number of ether oxygens (including phenoxy) is 3. The number of rotatable bonds is 5. The fourth-order valence-electron chi connectivity index (χ4n) is 2.03. The standard InChI is InChI=1S/C16H16N2O6S/c1-22-11-6-4-5-9(12(11)23-2)13(19)17-15-10(7-8-25-15)14(20)18-16(21)24-3/h4-8H,1-3H3,(H,17,19)(H,18,20,21). The summed E-state index contributed by atoms with van der Waals surface area (Å²) in [5.41, 5.74) is 0.389. The molecule has 0 saturated carbocycles. The molecule has 9 heteroatoms. The Labute approximate surface area is 147 Å². The van der Waals surface area contributed by atoms with E-state index in [0.29, 0.717) is 5.75 Å². The van der Waals surface area contributed by atoms with E-state index in [1.807, 2.05) is 5.32 Å². The molecule has 0 aliphatic carbocycles. The van der Waals surface area contributed by atoms with Gasteiger partial charge in [0.1, 0.15) is 5.00 Å². The van der Waals surface area contributed by atoms with Crippen molar-refractivity contribution in [2.45, 2.75) is 0 Å². The number of benzene rings is 1. The number of amides is 3. The average molecular weight is 364 g/mol. The maximum Gasteiger partial charge on any atom is 0.413 e. The first-order valence-electron chi connectivity index (χ1n) is 7.01. The molecule has 0 atom stereocenters. The molecule has 0 spiro atoms. The zero-order chi connectivity index (χ0) is 18.4. The molecule has 0 aliphatic rings. The van der Waals surface area contributed by atoms with Crippen molar-refractivity contribution >= 4 is 34.2 Å². The highest BCUT2D eigenvalue weighted by molar-refractivity contribution is 7.14. The zero-order valence-electron chi connectivity index (χ0n) is 13.7. The number of carbonyl (C=O) groups is 3. The molecule has 8 nitrogen and oxygen atoms in total. The highest BCUT2D eigenvalue weighted by atomic mass is 32.1. The maximum absolute atomic E-state index is 12.5. The van der Waals surface area contributed by atoms with Crippen molar-refractivity contribution in [3.63, 3.8) is 0 Å². The fourth-order valence-corrected chi connectivity index (χ4v) is 2.81. The van der Waals surface area contributed by atoms with E-state index in [9.17, 15) is 14.4 Å². The van der Waals surface area contributed by atoms with E-state index >= 15 is 0 Å². The van der Waals surface area contributed by atoms with Gasteiger partial charge in [0.25, 0.3) is 11.8 Å². The largest absolute Gasteiger partial charge is 0.493 e. The smallest absolute Gasteiger partial charge is 0.413 e. The third-order valence-electron chi connectivity index (χ3n) is 3.19. The van der Waals surface area contributed by atoms with E-state index in [1.165, 1.54) is 20.3 Å². The van der Waals surface area contributed by atoms with Crippen LogP contribution in [0.1, 0.15) is 20.7 Å². The molecule has 3 amide bonds. The van der Waals surface area contributed by atoms with Crippen molar-refractivity contribution in [3.8, 4) is 11.5 Å². The molecule has 2 N–H and O–H groups in total. The molecule has 2 aromatic rings. The Morgan fingerprint density at radius 3 is 2.36 bits per heavy atom. The Balaban J connectivity index is 2.24. The quantitative estimate of drug-likeness (QED) is 0.845. The molecule has 132 valence electrons. The molecule has 0 fully saturated rings. The summed E-state index contributed by atoms with van der Waals surface area (Å²) in [7, 11) is 4.04. The van der Waals surface area contributed by atoms with E-state index < -0.39 is 17.9 Å². The minimum Gasteiger partial charge on any atom is -0.493 e.